The molecule has 0 spiro atoms. The number of carbonyl (C=O) groups excluding carboxylic acids is 2. The van der Waals surface area contributed by atoms with Crippen LogP contribution < -0.4 is 21.1 Å². The molecule has 0 heterocycles. The number of para-hydroxylation sites is 1. The van der Waals surface area contributed by atoms with E-state index in [1.165, 1.54) is 12.1 Å². The van der Waals surface area contributed by atoms with Gasteiger partial charge in [-0.05, 0) is 48.0 Å². The fraction of sp³-hybridized carbons (Fsp3) is 0.130. The monoisotopic (exact) mass is 425 g/mol. The van der Waals surface area contributed by atoms with Gasteiger partial charge >= 0.3 is 6.03 Å². The molecule has 0 fully saturated rings. The predicted molar refractivity (Wildman–Crippen MR) is 113 cm³/mol. The highest BCUT2D eigenvalue weighted by atomic mass is 19.1. The third-order valence-corrected chi connectivity index (χ3v) is 4.55. The van der Waals surface area contributed by atoms with Gasteiger partial charge in [0, 0.05) is 24.2 Å². The Morgan fingerprint density at radius 2 is 1.74 bits per heavy atom. The molecular formula is C23H21F2N3O3. The summed E-state index contributed by atoms with van der Waals surface area (Å²) in [6.45, 7) is 1.89. The van der Waals surface area contributed by atoms with Crippen LogP contribution in [0.3, 0.4) is 0 Å². The minimum absolute atomic E-state index is 0.166. The van der Waals surface area contributed by atoms with Gasteiger partial charge in [-0.1, -0.05) is 25.1 Å². The minimum Gasteiger partial charge on any atom is -0.457 e. The van der Waals surface area contributed by atoms with E-state index in [0.29, 0.717) is 22.7 Å². The quantitative estimate of drug-likeness (QED) is 0.509. The van der Waals surface area contributed by atoms with Crippen molar-refractivity contribution in [1.29, 1.82) is 0 Å². The molecule has 0 saturated carbocycles. The molecule has 0 aliphatic heterocycles. The number of ether oxygens (including phenoxy) is 1. The normalized spacial score (nSPS) is 11.5. The zero-order valence-electron chi connectivity index (χ0n) is 16.7. The third kappa shape index (κ3) is 5.79. The maximum Gasteiger partial charge on any atom is 0.319 e. The van der Waals surface area contributed by atoms with Gasteiger partial charge in [-0.3, -0.25) is 4.79 Å². The number of nitrogens with one attached hydrogen (secondary N) is 2. The van der Waals surface area contributed by atoms with Crippen molar-refractivity contribution in [3.63, 3.8) is 0 Å². The van der Waals surface area contributed by atoms with Crippen LogP contribution in [0.2, 0.25) is 0 Å². The molecule has 0 aliphatic carbocycles. The summed E-state index contributed by atoms with van der Waals surface area (Å²) in [5.41, 5.74) is 6.42. The molecule has 160 valence electrons. The number of urea groups is 1. The highest BCUT2D eigenvalue weighted by molar-refractivity contribution is 5.95. The first kappa shape index (κ1) is 21.8. The fourth-order valence-corrected chi connectivity index (χ4v) is 2.92. The molecule has 31 heavy (non-hydrogen) atoms. The van der Waals surface area contributed by atoms with Crippen molar-refractivity contribution < 1.29 is 23.1 Å². The first-order valence-electron chi connectivity index (χ1n) is 9.50. The van der Waals surface area contributed by atoms with E-state index < -0.39 is 23.6 Å². The van der Waals surface area contributed by atoms with E-state index >= 15 is 0 Å². The van der Waals surface area contributed by atoms with Gasteiger partial charge in [0.1, 0.15) is 23.1 Å². The van der Waals surface area contributed by atoms with Crippen molar-refractivity contribution in [2.45, 2.75) is 12.8 Å². The molecule has 4 N–H and O–H groups in total. The van der Waals surface area contributed by atoms with E-state index in [1.54, 1.807) is 55.5 Å². The van der Waals surface area contributed by atoms with Crippen LogP contribution in [0.5, 0.6) is 11.5 Å². The Balaban J connectivity index is 1.55. The topological polar surface area (TPSA) is 93.4 Å². The highest BCUT2D eigenvalue weighted by Crippen LogP contribution is 2.26. The van der Waals surface area contributed by atoms with Gasteiger partial charge in [0.25, 0.3) is 5.91 Å². The lowest BCUT2D eigenvalue weighted by Crippen LogP contribution is -2.31. The lowest BCUT2D eigenvalue weighted by molar-refractivity contribution is 0.0998. The summed E-state index contributed by atoms with van der Waals surface area (Å²) in [6, 6.07) is 16.0. The van der Waals surface area contributed by atoms with Gasteiger partial charge < -0.3 is 21.1 Å². The molecule has 3 aromatic rings. The molecular weight excluding hydrogens is 404 g/mol. The van der Waals surface area contributed by atoms with E-state index in [0.717, 1.165) is 6.07 Å². The summed E-state index contributed by atoms with van der Waals surface area (Å²) in [5, 5.41) is 5.31. The van der Waals surface area contributed by atoms with Crippen LogP contribution in [0.15, 0.2) is 66.7 Å². The number of anilines is 1. The van der Waals surface area contributed by atoms with Crippen molar-refractivity contribution in [3.05, 3.63) is 89.5 Å². The third-order valence-electron chi connectivity index (χ3n) is 4.55. The van der Waals surface area contributed by atoms with Crippen molar-refractivity contribution in [3.8, 4) is 11.5 Å². The van der Waals surface area contributed by atoms with E-state index in [2.05, 4.69) is 10.6 Å². The smallest absolute Gasteiger partial charge is 0.319 e. The molecule has 6 nitrogen and oxygen atoms in total. The molecule has 8 heteroatoms. The van der Waals surface area contributed by atoms with E-state index in [-0.39, 0.29) is 18.0 Å². The maximum absolute atomic E-state index is 13.8. The first-order valence-corrected chi connectivity index (χ1v) is 9.50. The lowest BCUT2D eigenvalue weighted by Gasteiger charge is -2.15. The number of rotatable bonds is 7. The number of halogens is 2. The molecule has 0 aromatic heterocycles. The second kappa shape index (κ2) is 9.71. The SMILES string of the molecule is CC(CNC(=O)Nc1ccc(Oc2ccccc2C(N)=O)cc1)c1ccc(F)cc1F. The largest absolute Gasteiger partial charge is 0.457 e. The molecule has 1 atom stereocenters. The molecule has 0 aliphatic rings. The predicted octanol–water partition coefficient (Wildman–Crippen LogP) is 4.78. The number of primary amides is 1. The second-order valence-corrected chi connectivity index (χ2v) is 6.89. The Kier molecular flexibility index (Phi) is 6.81. The highest BCUT2D eigenvalue weighted by Gasteiger charge is 2.13. The summed E-state index contributed by atoms with van der Waals surface area (Å²) in [7, 11) is 0. The molecule has 3 rings (SSSR count). The first-order chi connectivity index (χ1) is 14.8. The van der Waals surface area contributed by atoms with Crippen LogP contribution in [0.25, 0.3) is 0 Å². The van der Waals surface area contributed by atoms with Crippen molar-refractivity contribution >= 4 is 17.6 Å². The number of benzene rings is 3. The summed E-state index contributed by atoms with van der Waals surface area (Å²) in [5.74, 6) is -1.45. The lowest BCUT2D eigenvalue weighted by atomic mass is 10.0. The van der Waals surface area contributed by atoms with Crippen LogP contribution in [0, 0.1) is 11.6 Å². The van der Waals surface area contributed by atoms with Crippen molar-refractivity contribution in [2.75, 3.05) is 11.9 Å². The molecule has 3 aromatic carbocycles. The van der Waals surface area contributed by atoms with E-state index in [4.69, 9.17) is 10.5 Å². The Hall–Kier alpha value is -3.94. The van der Waals surface area contributed by atoms with Crippen LogP contribution in [-0.2, 0) is 0 Å². The molecule has 0 bridgehead atoms. The van der Waals surface area contributed by atoms with Crippen LogP contribution in [-0.4, -0.2) is 18.5 Å². The van der Waals surface area contributed by atoms with Gasteiger partial charge in [0.15, 0.2) is 0 Å². The van der Waals surface area contributed by atoms with E-state index in [1.807, 2.05) is 0 Å². The fourth-order valence-electron chi connectivity index (χ4n) is 2.92. The molecule has 0 saturated heterocycles. The Bertz CT molecular complexity index is 1090. The second-order valence-electron chi connectivity index (χ2n) is 6.89. The van der Waals surface area contributed by atoms with Gasteiger partial charge in [-0.25, -0.2) is 13.6 Å². The molecule has 0 radical (unpaired) electrons. The van der Waals surface area contributed by atoms with Gasteiger partial charge in [0.2, 0.25) is 0 Å². The summed E-state index contributed by atoms with van der Waals surface area (Å²) < 4.78 is 32.5. The van der Waals surface area contributed by atoms with Crippen molar-refractivity contribution in [1.82, 2.24) is 5.32 Å². The van der Waals surface area contributed by atoms with Crippen molar-refractivity contribution in [2.24, 2.45) is 5.73 Å². The van der Waals surface area contributed by atoms with Gasteiger partial charge in [-0.2, -0.15) is 0 Å². The summed E-state index contributed by atoms with van der Waals surface area (Å²) in [4.78, 5) is 23.6. The van der Waals surface area contributed by atoms with Gasteiger partial charge in [-0.15, -0.1) is 0 Å². The minimum atomic E-state index is -0.650. The van der Waals surface area contributed by atoms with Crippen LogP contribution in [0.4, 0.5) is 19.3 Å². The number of carbonyl (C=O) groups is 2. The number of hydrogen-bond donors (Lipinski definition) is 3. The maximum atomic E-state index is 13.8. The van der Waals surface area contributed by atoms with Crippen LogP contribution in [0.1, 0.15) is 28.8 Å². The standard InChI is InChI=1S/C23H21F2N3O3/c1-14(18-11-6-15(24)12-20(18)25)13-27-23(30)28-16-7-9-17(10-8-16)31-21-5-3-2-4-19(21)22(26)29/h2-12,14H,13H2,1H3,(H2,26,29)(H2,27,28,30). The number of hydrogen-bond acceptors (Lipinski definition) is 3. The zero-order valence-corrected chi connectivity index (χ0v) is 16.7. The summed E-state index contributed by atoms with van der Waals surface area (Å²) >= 11 is 0. The Morgan fingerprint density at radius 1 is 1.03 bits per heavy atom. The Morgan fingerprint density at radius 3 is 2.42 bits per heavy atom. The van der Waals surface area contributed by atoms with Gasteiger partial charge in [0.05, 0.1) is 5.56 Å². The zero-order chi connectivity index (χ0) is 22.4. The number of amides is 3. The molecule has 1 unspecified atom stereocenters. The average Bonchev–Trinajstić information content (AvgIpc) is 2.73. The Labute approximate surface area is 178 Å². The average molecular weight is 425 g/mol. The summed E-state index contributed by atoms with van der Waals surface area (Å²) in [6.07, 6.45) is 0. The van der Waals surface area contributed by atoms with Crippen LogP contribution >= 0.6 is 0 Å². The van der Waals surface area contributed by atoms with E-state index in [9.17, 15) is 18.4 Å². The number of nitrogens with two attached hydrogens (primary N) is 1. The molecule has 3 amide bonds.